The number of nitrogens with zero attached hydrogens (tertiary/aromatic N) is 2. The summed E-state index contributed by atoms with van der Waals surface area (Å²) >= 11 is 0. The number of carboxylic acid groups (broad SMARTS) is 1. The molecule has 1 aromatic heterocycles. The molecule has 4 heteroatoms. The summed E-state index contributed by atoms with van der Waals surface area (Å²) in [5, 5.41) is 8.80. The number of hydrogen-bond acceptors (Lipinski definition) is 2. The maximum absolute atomic E-state index is 10.7. The molecule has 1 rings (SSSR count). The Morgan fingerprint density at radius 2 is 2.14 bits per heavy atom. The first kappa shape index (κ1) is 10.8. The Hall–Kier alpha value is -1.32. The van der Waals surface area contributed by atoms with Crippen molar-refractivity contribution in [3.63, 3.8) is 0 Å². The zero-order valence-electron chi connectivity index (χ0n) is 8.98. The molecular weight excluding hydrogens is 180 g/mol. The van der Waals surface area contributed by atoms with E-state index < -0.39 is 11.9 Å². The fraction of sp³-hybridized carbons (Fsp3) is 0.600. The molecule has 0 aromatic carbocycles. The van der Waals surface area contributed by atoms with Crippen molar-refractivity contribution in [1.29, 1.82) is 0 Å². The number of imidazole rings is 1. The van der Waals surface area contributed by atoms with Gasteiger partial charge >= 0.3 is 5.97 Å². The van der Waals surface area contributed by atoms with Gasteiger partial charge in [0.15, 0.2) is 0 Å². The van der Waals surface area contributed by atoms with Crippen LogP contribution in [0.1, 0.15) is 39.3 Å². The van der Waals surface area contributed by atoms with Crippen LogP contribution in [0.15, 0.2) is 12.5 Å². The largest absolute Gasteiger partial charge is 0.481 e. The fourth-order valence-corrected chi connectivity index (χ4v) is 1.06. The van der Waals surface area contributed by atoms with Crippen LogP contribution in [0.25, 0.3) is 0 Å². The molecule has 1 unspecified atom stereocenters. The van der Waals surface area contributed by atoms with Crippen LogP contribution >= 0.6 is 0 Å². The first-order valence-corrected chi connectivity index (χ1v) is 4.59. The Kier molecular flexibility index (Phi) is 2.64. The van der Waals surface area contributed by atoms with Gasteiger partial charge in [-0.1, -0.05) is 0 Å². The van der Waals surface area contributed by atoms with Crippen LogP contribution < -0.4 is 0 Å². The minimum atomic E-state index is -0.843. The summed E-state index contributed by atoms with van der Waals surface area (Å²) in [7, 11) is 0. The first-order chi connectivity index (χ1) is 6.32. The third-order valence-electron chi connectivity index (χ3n) is 2.19. The Balaban J connectivity index is 2.94. The molecule has 1 heterocycles. The van der Waals surface area contributed by atoms with Gasteiger partial charge in [-0.3, -0.25) is 4.79 Å². The van der Waals surface area contributed by atoms with Gasteiger partial charge in [-0.15, -0.1) is 0 Å². The molecule has 0 saturated heterocycles. The van der Waals surface area contributed by atoms with E-state index in [-0.39, 0.29) is 5.54 Å². The second kappa shape index (κ2) is 3.44. The first-order valence-electron chi connectivity index (χ1n) is 4.59. The summed E-state index contributed by atoms with van der Waals surface area (Å²) < 4.78 is 1.92. The van der Waals surface area contributed by atoms with Gasteiger partial charge in [0.25, 0.3) is 0 Å². The molecule has 1 N–H and O–H groups in total. The van der Waals surface area contributed by atoms with E-state index >= 15 is 0 Å². The maximum atomic E-state index is 10.7. The lowest BCUT2D eigenvalue weighted by Crippen LogP contribution is -2.19. The minimum absolute atomic E-state index is 0.0521. The van der Waals surface area contributed by atoms with Crippen LogP contribution in [0.2, 0.25) is 0 Å². The predicted molar refractivity (Wildman–Crippen MR) is 53.3 cm³/mol. The van der Waals surface area contributed by atoms with E-state index in [1.807, 2.05) is 25.3 Å². The van der Waals surface area contributed by atoms with Crippen molar-refractivity contribution in [2.75, 3.05) is 0 Å². The van der Waals surface area contributed by atoms with E-state index in [1.165, 1.54) is 0 Å². The summed E-state index contributed by atoms with van der Waals surface area (Å²) in [5.41, 5.74) is 0.552. The van der Waals surface area contributed by atoms with Crippen LogP contribution in [-0.4, -0.2) is 20.6 Å². The Morgan fingerprint density at radius 1 is 1.57 bits per heavy atom. The summed E-state index contributed by atoms with van der Waals surface area (Å²) in [4.78, 5) is 14.8. The Morgan fingerprint density at radius 3 is 2.50 bits per heavy atom. The van der Waals surface area contributed by atoms with Crippen LogP contribution in [0.5, 0.6) is 0 Å². The zero-order valence-corrected chi connectivity index (χ0v) is 8.98. The van der Waals surface area contributed by atoms with Gasteiger partial charge in [-0.2, -0.15) is 0 Å². The monoisotopic (exact) mass is 196 g/mol. The smallest absolute Gasteiger partial charge is 0.312 e. The third kappa shape index (κ3) is 2.13. The predicted octanol–water partition coefficient (Wildman–Crippen LogP) is 1.83. The fourth-order valence-electron chi connectivity index (χ4n) is 1.06. The molecular formula is C10H16N2O2. The van der Waals surface area contributed by atoms with Gasteiger partial charge in [0.2, 0.25) is 0 Å². The Bertz CT molecular complexity index is 336. The molecule has 0 amide bonds. The average molecular weight is 196 g/mol. The molecule has 0 bridgehead atoms. The van der Waals surface area contributed by atoms with E-state index in [9.17, 15) is 4.79 Å². The van der Waals surface area contributed by atoms with Gasteiger partial charge in [0, 0.05) is 11.7 Å². The summed E-state index contributed by atoms with van der Waals surface area (Å²) in [6.07, 6.45) is 3.47. The van der Waals surface area contributed by atoms with Crippen molar-refractivity contribution in [2.45, 2.75) is 39.2 Å². The lowest BCUT2D eigenvalue weighted by molar-refractivity contribution is -0.138. The Labute approximate surface area is 83.6 Å². The van der Waals surface area contributed by atoms with E-state index in [2.05, 4.69) is 4.98 Å². The summed E-state index contributed by atoms with van der Waals surface area (Å²) in [6.45, 7) is 7.77. The van der Waals surface area contributed by atoms with E-state index in [0.717, 1.165) is 0 Å². The van der Waals surface area contributed by atoms with Gasteiger partial charge in [-0.25, -0.2) is 4.98 Å². The molecule has 1 atom stereocenters. The van der Waals surface area contributed by atoms with Crippen LogP contribution in [0.4, 0.5) is 0 Å². The highest BCUT2D eigenvalue weighted by Crippen LogP contribution is 2.18. The molecule has 1 aromatic rings. The molecule has 78 valence electrons. The molecule has 0 aliphatic heterocycles. The van der Waals surface area contributed by atoms with Crippen molar-refractivity contribution >= 4 is 5.97 Å². The SMILES string of the molecule is CC(C(=O)O)c1cn(C(C)(C)C)cn1. The number of carbonyl (C=O) groups is 1. The molecule has 14 heavy (non-hydrogen) atoms. The quantitative estimate of drug-likeness (QED) is 0.785. The highest BCUT2D eigenvalue weighted by atomic mass is 16.4. The molecule has 0 fully saturated rings. The lowest BCUT2D eigenvalue weighted by atomic mass is 10.1. The topological polar surface area (TPSA) is 55.1 Å². The standard InChI is InChI=1S/C10H16N2O2/c1-7(9(13)14)8-5-12(6-11-8)10(2,3)4/h5-7H,1-4H3,(H,13,14). The molecule has 0 aliphatic carbocycles. The number of rotatable bonds is 2. The van der Waals surface area contributed by atoms with E-state index in [0.29, 0.717) is 5.69 Å². The number of carboxylic acids is 1. The maximum Gasteiger partial charge on any atom is 0.312 e. The highest BCUT2D eigenvalue weighted by molar-refractivity contribution is 5.74. The van der Waals surface area contributed by atoms with E-state index in [1.54, 1.807) is 19.4 Å². The van der Waals surface area contributed by atoms with Gasteiger partial charge < -0.3 is 9.67 Å². The summed E-state index contributed by atoms with van der Waals surface area (Å²) in [5.74, 6) is -1.39. The molecule has 4 nitrogen and oxygen atoms in total. The second-order valence-electron chi connectivity index (χ2n) is 4.44. The van der Waals surface area contributed by atoms with Gasteiger partial charge in [0.05, 0.1) is 17.9 Å². The van der Waals surface area contributed by atoms with Crippen LogP contribution in [-0.2, 0) is 10.3 Å². The van der Waals surface area contributed by atoms with Gasteiger partial charge in [-0.05, 0) is 27.7 Å². The number of hydrogen-bond donors (Lipinski definition) is 1. The molecule has 0 saturated carbocycles. The number of aromatic nitrogens is 2. The van der Waals surface area contributed by atoms with Crippen LogP contribution in [0, 0.1) is 0 Å². The molecule has 0 spiro atoms. The second-order valence-corrected chi connectivity index (χ2v) is 4.44. The zero-order chi connectivity index (χ0) is 10.9. The normalized spacial score (nSPS) is 14.0. The highest BCUT2D eigenvalue weighted by Gasteiger charge is 2.19. The van der Waals surface area contributed by atoms with Crippen molar-refractivity contribution in [1.82, 2.24) is 9.55 Å². The van der Waals surface area contributed by atoms with Gasteiger partial charge in [0.1, 0.15) is 0 Å². The minimum Gasteiger partial charge on any atom is -0.481 e. The lowest BCUT2D eigenvalue weighted by Gasteiger charge is -2.19. The molecule has 0 aliphatic rings. The third-order valence-corrected chi connectivity index (χ3v) is 2.19. The summed E-state index contributed by atoms with van der Waals surface area (Å²) in [6, 6.07) is 0. The van der Waals surface area contributed by atoms with Crippen molar-refractivity contribution in [3.8, 4) is 0 Å². The van der Waals surface area contributed by atoms with Crippen molar-refractivity contribution in [2.24, 2.45) is 0 Å². The average Bonchev–Trinajstić information content (AvgIpc) is 2.49. The van der Waals surface area contributed by atoms with Crippen molar-refractivity contribution in [3.05, 3.63) is 18.2 Å². The molecule has 0 radical (unpaired) electrons. The van der Waals surface area contributed by atoms with E-state index in [4.69, 9.17) is 5.11 Å². The number of aliphatic carboxylic acids is 1. The van der Waals surface area contributed by atoms with Crippen LogP contribution in [0.3, 0.4) is 0 Å². The van der Waals surface area contributed by atoms with Crippen molar-refractivity contribution < 1.29 is 9.90 Å².